The second-order valence-electron chi connectivity index (χ2n) is 6.01. The Hall–Kier alpha value is -1.91. The highest BCUT2D eigenvalue weighted by Crippen LogP contribution is 2.31. The molecule has 1 amide bonds. The van der Waals surface area contributed by atoms with Crippen LogP contribution < -0.4 is 10.6 Å². The lowest BCUT2D eigenvalue weighted by Crippen LogP contribution is -2.24. The maximum Gasteiger partial charge on any atom is 0.238 e. The first kappa shape index (κ1) is 19.8. The number of hydrogen-bond acceptors (Lipinski definition) is 7. The Bertz CT molecular complexity index is 926. The van der Waals surface area contributed by atoms with Gasteiger partial charge in [0, 0.05) is 22.3 Å². The maximum absolute atomic E-state index is 12.5. The average Bonchev–Trinajstić information content (AvgIpc) is 3.24. The highest BCUT2D eigenvalue weighted by atomic mass is 79.9. The molecule has 2 heterocycles. The molecule has 1 aromatic carbocycles. The molecule has 0 bridgehead atoms. The van der Waals surface area contributed by atoms with Crippen molar-refractivity contribution in [1.82, 2.24) is 20.0 Å². The molecule has 0 saturated carbocycles. The molecule has 7 nitrogen and oxygen atoms in total. The molecule has 1 unspecified atom stereocenters. The zero-order chi connectivity index (χ0) is 19.4. The molecular weight excluding hydrogens is 448 g/mol. The summed E-state index contributed by atoms with van der Waals surface area (Å²) < 4.78 is 3.49. The third-order valence-corrected chi connectivity index (χ3v) is 6.06. The predicted molar refractivity (Wildman–Crippen MR) is 114 cm³/mol. The Morgan fingerprint density at radius 3 is 2.81 bits per heavy atom. The van der Waals surface area contributed by atoms with E-state index in [1.54, 1.807) is 16.9 Å². The minimum Gasteiger partial charge on any atom is -0.330 e. The van der Waals surface area contributed by atoms with Gasteiger partial charge in [0.1, 0.15) is 5.82 Å². The van der Waals surface area contributed by atoms with Crippen LogP contribution in [-0.4, -0.2) is 31.1 Å². The number of carbonyl (C=O) groups excluding carboxylic acids is 1. The van der Waals surface area contributed by atoms with Crippen molar-refractivity contribution >= 4 is 61.6 Å². The van der Waals surface area contributed by atoms with Gasteiger partial charge in [0.05, 0.1) is 11.4 Å². The fraction of sp³-hybridized carbons (Fsp3) is 0.294. The van der Waals surface area contributed by atoms with E-state index >= 15 is 0 Å². The first-order valence-electron chi connectivity index (χ1n) is 8.29. The van der Waals surface area contributed by atoms with Crippen LogP contribution in [0.15, 0.2) is 45.3 Å². The van der Waals surface area contributed by atoms with E-state index in [-0.39, 0.29) is 17.2 Å². The van der Waals surface area contributed by atoms with Crippen molar-refractivity contribution in [3.8, 4) is 0 Å². The molecular formula is C17H19BrN6OS2. The summed E-state index contributed by atoms with van der Waals surface area (Å²) in [5.41, 5.74) is 0.921. The third kappa shape index (κ3) is 5.30. The third-order valence-electron chi connectivity index (χ3n) is 3.54. The number of halogens is 1. The maximum atomic E-state index is 12.5. The SMILES string of the molecule is CC(Sc1nnc(Nc2cccc(Br)c2)s1)C(=O)Nc1ccnn1C(C)C. The fourth-order valence-corrected chi connectivity index (χ4v) is 4.57. The van der Waals surface area contributed by atoms with Crippen LogP contribution in [0.25, 0.3) is 0 Å². The molecule has 0 saturated heterocycles. The smallest absolute Gasteiger partial charge is 0.238 e. The lowest BCUT2D eigenvalue weighted by atomic mass is 10.3. The Kier molecular flexibility index (Phi) is 6.51. The summed E-state index contributed by atoms with van der Waals surface area (Å²) >= 11 is 6.23. The van der Waals surface area contributed by atoms with E-state index < -0.39 is 0 Å². The number of thioether (sulfide) groups is 1. The van der Waals surface area contributed by atoms with Crippen molar-refractivity contribution in [3.05, 3.63) is 41.0 Å². The molecule has 2 aromatic heterocycles. The van der Waals surface area contributed by atoms with Crippen LogP contribution in [0.4, 0.5) is 16.6 Å². The van der Waals surface area contributed by atoms with E-state index in [2.05, 4.69) is 41.9 Å². The van der Waals surface area contributed by atoms with Crippen LogP contribution in [-0.2, 0) is 4.79 Å². The quantitative estimate of drug-likeness (QED) is 0.479. The lowest BCUT2D eigenvalue weighted by molar-refractivity contribution is -0.115. The van der Waals surface area contributed by atoms with Gasteiger partial charge in [-0.1, -0.05) is 45.1 Å². The van der Waals surface area contributed by atoms with Gasteiger partial charge in [0.25, 0.3) is 0 Å². The Labute approximate surface area is 174 Å². The van der Waals surface area contributed by atoms with Crippen LogP contribution in [0, 0.1) is 0 Å². The fourth-order valence-electron chi connectivity index (χ4n) is 2.25. The molecule has 3 aromatic rings. The van der Waals surface area contributed by atoms with Crippen LogP contribution in [0.1, 0.15) is 26.8 Å². The van der Waals surface area contributed by atoms with Gasteiger partial charge in [0.15, 0.2) is 4.34 Å². The molecule has 0 fully saturated rings. The number of anilines is 3. The summed E-state index contributed by atoms with van der Waals surface area (Å²) in [6.07, 6.45) is 1.68. The van der Waals surface area contributed by atoms with E-state index in [0.29, 0.717) is 10.9 Å². The first-order chi connectivity index (χ1) is 12.9. The highest BCUT2D eigenvalue weighted by molar-refractivity contribution is 9.10. The van der Waals surface area contributed by atoms with E-state index in [0.717, 1.165) is 14.5 Å². The predicted octanol–water partition coefficient (Wildman–Crippen LogP) is 4.94. The number of carbonyl (C=O) groups is 1. The number of hydrogen-bond donors (Lipinski definition) is 2. The van der Waals surface area contributed by atoms with Gasteiger partial charge in [-0.05, 0) is 39.0 Å². The summed E-state index contributed by atoms with van der Waals surface area (Å²) in [5, 5.41) is 19.0. The second-order valence-corrected chi connectivity index (χ2v) is 9.49. The van der Waals surface area contributed by atoms with Crippen LogP contribution in [0.5, 0.6) is 0 Å². The number of aromatic nitrogens is 4. The highest BCUT2D eigenvalue weighted by Gasteiger charge is 2.19. The van der Waals surface area contributed by atoms with Gasteiger partial charge in [-0.25, -0.2) is 4.68 Å². The second kappa shape index (κ2) is 8.85. The molecule has 0 spiro atoms. The molecule has 142 valence electrons. The summed E-state index contributed by atoms with van der Waals surface area (Å²) in [5.74, 6) is 0.593. The largest absolute Gasteiger partial charge is 0.330 e. The van der Waals surface area contributed by atoms with Crippen molar-refractivity contribution in [2.45, 2.75) is 36.4 Å². The molecule has 0 aliphatic rings. The molecule has 2 N–H and O–H groups in total. The number of rotatable bonds is 7. The monoisotopic (exact) mass is 466 g/mol. The van der Waals surface area contributed by atoms with Crippen LogP contribution >= 0.6 is 39.0 Å². The molecule has 10 heteroatoms. The minimum atomic E-state index is -0.313. The molecule has 0 aliphatic heterocycles. The minimum absolute atomic E-state index is 0.0981. The normalized spacial score (nSPS) is 12.2. The first-order valence-corrected chi connectivity index (χ1v) is 10.8. The van der Waals surface area contributed by atoms with Crippen LogP contribution in [0.2, 0.25) is 0 Å². The Morgan fingerprint density at radius 2 is 2.07 bits per heavy atom. The van der Waals surface area contributed by atoms with Crippen molar-refractivity contribution in [1.29, 1.82) is 0 Å². The number of benzene rings is 1. The van der Waals surface area contributed by atoms with Gasteiger partial charge in [0.2, 0.25) is 11.0 Å². The topological polar surface area (TPSA) is 84.7 Å². The lowest BCUT2D eigenvalue weighted by Gasteiger charge is -2.14. The molecule has 3 rings (SSSR count). The van der Waals surface area contributed by atoms with E-state index in [4.69, 9.17) is 0 Å². The van der Waals surface area contributed by atoms with Crippen molar-refractivity contribution < 1.29 is 4.79 Å². The zero-order valence-corrected chi connectivity index (χ0v) is 18.2. The van der Waals surface area contributed by atoms with Gasteiger partial charge >= 0.3 is 0 Å². The Morgan fingerprint density at radius 1 is 1.26 bits per heavy atom. The standard InChI is InChI=1S/C17H19BrN6OS2/c1-10(2)24-14(7-8-19-24)21-15(25)11(3)26-17-23-22-16(27-17)20-13-6-4-5-12(18)9-13/h4-11H,1-3H3,(H,20,22)(H,21,25). The van der Waals surface area contributed by atoms with Gasteiger partial charge in [-0.15, -0.1) is 10.2 Å². The van der Waals surface area contributed by atoms with E-state index in [1.807, 2.05) is 45.0 Å². The van der Waals surface area contributed by atoms with Gasteiger partial charge < -0.3 is 10.6 Å². The van der Waals surface area contributed by atoms with Crippen molar-refractivity contribution in [2.75, 3.05) is 10.6 Å². The van der Waals surface area contributed by atoms with E-state index in [1.165, 1.54) is 23.1 Å². The van der Waals surface area contributed by atoms with Crippen molar-refractivity contribution in [3.63, 3.8) is 0 Å². The summed E-state index contributed by atoms with van der Waals surface area (Å²) in [7, 11) is 0. The van der Waals surface area contributed by atoms with E-state index in [9.17, 15) is 4.79 Å². The zero-order valence-electron chi connectivity index (χ0n) is 15.0. The number of nitrogens with zero attached hydrogens (tertiary/aromatic N) is 4. The number of amides is 1. The summed E-state index contributed by atoms with van der Waals surface area (Å²) in [6, 6.07) is 9.78. The van der Waals surface area contributed by atoms with Crippen LogP contribution in [0.3, 0.4) is 0 Å². The molecule has 27 heavy (non-hydrogen) atoms. The molecule has 0 aliphatic carbocycles. The van der Waals surface area contributed by atoms with Gasteiger partial charge in [-0.3, -0.25) is 4.79 Å². The van der Waals surface area contributed by atoms with Crippen molar-refractivity contribution in [2.24, 2.45) is 0 Å². The average molecular weight is 467 g/mol. The Balaban J connectivity index is 1.59. The summed E-state index contributed by atoms with van der Waals surface area (Å²) in [4.78, 5) is 12.5. The number of nitrogens with one attached hydrogen (secondary N) is 2. The molecule has 0 radical (unpaired) electrons. The van der Waals surface area contributed by atoms with Gasteiger partial charge in [-0.2, -0.15) is 5.10 Å². The summed E-state index contributed by atoms with van der Waals surface area (Å²) in [6.45, 7) is 5.88. The molecule has 1 atom stereocenters.